The highest BCUT2D eigenvalue weighted by Crippen LogP contribution is 2.34. The molecule has 1 saturated carbocycles. The number of tetrazole rings is 1. The van der Waals surface area contributed by atoms with Crippen LogP contribution < -0.4 is 5.32 Å². The van der Waals surface area contributed by atoms with Crippen LogP contribution in [0.4, 0.5) is 10.1 Å². The molecule has 39 heavy (non-hydrogen) atoms. The number of pyridine rings is 1. The van der Waals surface area contributed by atoms with Crippen LogP contribution in [0, 0.1) is 19.7 Å². The van der Waals surface area contributed by atoms with Crippen LogP contribution in [0.2, 0.25) is 0 Å². The molecular weight excluding hydrogens is 501 g/mol. The van der Waals surface area contributed by atoms with Crippen LogP contribution in [-0.2, 0) is 6.54 Å². The lowest BCUT2D eigenvalue weighted by atomic mass is 10.1. The second-order valence-electron chi connectivity index (χ2n) is 10.7. The maximum atomic E-state index is 14.8. The highest BCUT2D eigenvalue weighted by molar-refractivity contribution is 6.09. The summed E-state index contributed by atoms with van der Waals surface area (Å²) < 4.78 is 18.2. The summed E-state index contributed by atoms with van der Waals surface area (Å²) in [5.74, 6) is -0.690. The van der Waals surface area contributed by atoms with E-state index in [0.717, 1.165) is 29.7 Å². The quantitative estimate of drug-likeness (QED) is 0.327. The Hall–Kier alpha value is -4.45. The predicted octanol–water partition coefficient (Wildman–Crippen LogP) is 3.97. The van der Waals surface area contributed by atoms with Crippen molar-refractivity contribution in [3.05, 3.63) is 65.5 Å². The minimum atomic E-state index is -0.906. The van der Waals surface area contributed by atoms with E-state index >= 15 is 0 Å². The normalized spacial score (nSPS) is 13.8. The van der Waals surface area contributed by atoms with Gasteiger partial charge in [0.1, 0.15) is 5.82 Å². The van der Waals surface area contributed by atoms with E-state index in [2.05, 4.69) is 30.9 Å². The first-order valence-corrected chi connectivity index (χ1v) is 12.7. The van der Waals surface area contributed by atoms with E-state index < -0.39 is 11.4 Å². The molecule has 1 fully saturated rings. The van der Waals surface area contributed by atoms with Crippen molar-refractivity contribution in [2.45, 2.75) is 58.7 Å². The van der Waals surface area contributed by atoms with E-state index in [0.29, 0.717) is 28.9 Å². The number of halogens is 1. The Bertz CT molecular complexity index is 1720. The van der Waals surface area contributed by atoms with Crippen LogP contribution in [0.5, 0.6) is 0 Å². The summed E-state index contributed by atoms with van der Waals surface area (Å²) in [6.07, 6.45) is 7.00. The van der Waals surface area contributed by atoms with E-state index in [1.807, 2.05) is 19.1 Å². The third-order valence-corrected chi connectivity index (χ3v) is 6.82. The third kappa shape index (κ3) is 4.78. The first-order valence-electron chi connectivity index (χ1n) is 12.7. The van der Waals surface area contributed by atoms with Crippen LogP contribution in [0.1, 0.15) is 54.3 Å². The van der Waals surface area contributed by atoms with Gasteiger partial charge in [0.2, 0.25) is 5.82 Å². The second-order valence-corrected chi connectivity index (χ2v) is 10.7. The molecule has 6 rings (SSSR count). The number of anilines is 1. The maximum Gasteiger partial charge on any atom is 0.259 e. The van der Waals surface area contributed by atoms with Gasteiger partial charge in [-0.15, -0.1) is 10.2 Å². The van der Waals surface area contributed by atoms with Gasteiger partial charge in [0.15, 0.2) is 0 Å². The fourth-order valence-electron chi connectivity index (χ4n) is 4.54. The Morgan fingerprint density at radius 3 is 2.69 bits per heavy atom. The van der Waals surface area contributed by atoms with E-state index in [4.69, 9.17) is 0 Å². The minimum absolute atomic E-state index is 0.170. The number of fused-ring (bicyclic) bond motifs is 1. The Kier molecular flexibility index (Phi) is 5.79. The van der Waals surface area contributed by atoms with Gasteiger partial charge in [-0.05, 0) is 81.1 Å². The number of aromatic nitrogens is 8. The first-order chi connectivity index (χ1) is 18.6. The van der Waals surface area contributed by atoms with Crippen molar-refractivity contribution in [2.24, 2.45) is 0 Å². The van der Waals surface area contributed by atoms with Crippen LogP contribution in [0.25, 0.3) is 28.0 Å². The molecule has 4 aromatic heterocycles. The Morgan fingerprint density at radius 2 is 1.95 bits per heavy atom. The van der Waals surface area contributed by atoms with Crippen molar-refractivity contribution in [1.29, 1.82) is 0 Å². The average molecular weight is 530 g/mol. The number of hydrogen-bond donors (Lipinski definition) is 2. The number of amides is 1. The fraction of sp³-hybridized carbons (Fsp3) is 0.333. The molecule has 200 valence electrons. The zero-order chi connectivity index (χ0) is 27.5. The number of carbonyl (C=O) groups is 1. The molecular formula is C27H28FN9O2. The van der Waals surface area contributed by atoms with Crippen molar-refractivity contribution in [3.8, 4) is 22.5 Å². The molecule has 0 spiro atoms. The molecule has 1 aliphatic carbocycles. The third-order valence-electron chi connectivity index (χ3n) is 6.82. The van der Waals surface area contributed by atoms with Crippen molar-refractivity contribution in [1.82, 2.24) is 39.6 Å². The minimum Gasteiger partial charge on any atom is -0.389 e. The van der Waals surface area contributed by atoms with Crippen molar-refractivity contribution in [2.75, 3.05) is 5.32 Å². The monoisotopic (exact) mass is 529 g/mol. The summed E-state index contributed by atoms with van der Waals surface area (Å²) in [4.78, 5) is 14.9. The Morgan fingerprint density at radius 1 is 1.15 bits per heavy atom. The molecule has 4 heterocycles. The summed E-state index contributed by atoms with van der Waals surface area (Å²) in [6, 6.07) is 6.89. The average Bonchev–Trinajstić information content (AvgIpc) is 3.28. The zero-order valence-electron chi connectivity index (χ0n) is 22.1. The van der Waals surface area contributed by atoms with Crippen molar-refractivity contribution < 1.29 is 14.3 Å². The van der Waals surface area contributed by atoms with Gasteiger partial charge in [-0.25, -0.2) is 8.91 Å². The molecule has 1 amide bonds. The Labute approximate surface area is 223 Å². The number of nitrogens with one attached hydrogen (secondary N) is 1. The summed E-state index contributed by atoms with van der Waals surface area (Å²) in [7, 11) is 0. The van der Waals surface area contributed by atoms with Crippen molar-refractivity contribution in [3.63, 3.8) is 0 Å². The molecule has 12 heteroatoms. The summed E-state index contributed by atoms with van der Waals surface area (Å²) in [6.45, 7) is 7.48. The van der Waals surface area contributed by atoms with Gasteiger partial charge in [-0.3, -0.25) is 9.48 Å². The van der Waals surface area contributed by atoms with Crippen molar-refractivity contribution >= 4 is 17.1 Å². The Balaban J connectivity index is 1.30. The lowest BCUT2D eigenvalue weighted by Gasteiger charge is -2.18. The first kappa shape index (κ1) is 24.9. The lowest BCUT2D eigenvalue weighted by molar-refractivity contribution is 0.0571. The molecule has 1 aromatic carbocycles. The largest absolute Gasteiger partial charge is 0.389 e. The summed E-state index contributed by atoms with van der Waals surface area (Å²) in [5, 5.41) is 34.2. The van der Waals surface area contributed by atoms with Gasteiger partial charge in [0.25, 0.3) is 5.91 Å². The number of benzene rings is 1. The van der Waals surface area contributed by atoms with Gasteiger partial charge in [0, 0.05) is 23.1 Å². The molecule has 0 saturated heterocycles. The van der Waals surface area contributed by atoms with Gasteiger partial charge < -0.3 is 10.4 Å². The molecule has 5 aromatic rings. The number of rotatable bonds is 7. The second kappa shape index (κ2) is 9.09. The van der Waals surface area contributed by atoms with Crippen LogP contribution in [0.15, 0.2) is 42.9 Å². The fourth-order valence-corrected chi connectivity index (χ4v) is 4.54. The predicted molar refractivity (Wildman–Crippen MR) is 142 cm³/mol. The smallest absolute Gasteiger partial charge is 0.259 e. The standard InChI is InChI=1S/C27H28FN9O2/c1-15-9-22(28)19(25-32-34-37(33-25)18-5-6-18)11-23(15)31-26(38)21-13-29-35-8-7-17(10-24(21)35)20-12-30-36(16(20)2)14-27(3,4)39/h7-13,18,39H,5-6,14H2,1-4H3,(H,31,38). The summed E-state index contributed by atoms with van der Waals surface area (Å²) in [5.41, 5.74) is 3.88. The highest BCUT2D eigenvalue weighted by atomic mass is 19.1. The molecule has 0 radical (unpaired) electrons. The van der Waals surface area contributed by atoms with E-state index in [1.165, 1.54) is 23.1 Å². The number of aliphatic hydroxyl groups is 1. The van der Waals surface area contributed by atoms with Crippen LogP contribution in [-0.4, -0.2) is 56.2 Å². The van der Waals surface area contributed by atoms with E-state index in [9.17, 15) is 14.3 Å². The SMILES string of the molecule is Cc1cc(F)c(-c2nnn(C3CC3)n2)cc1NC(=O)c1cnn2ccc(-c3cnn(CC(C)(C)O)c3C)cc12. The number of aryl methyl sites for hydroxylation is 1. The molecule has 2 N–H and O–H groups in total. The summed E-state index contributed by atoms with van der Waals surface area (Å²) >= 11 is 0. The lowest BCUT2D eigenvalue weighted by Crippen LogP contribution is -2.27. The van der Waals surface area contributed by atoms with Gasteiger partial charge in [-0.1, -0.05) is 0 Å². The number of nitrogens with zero attached hydrogens (tertiary/aromatic N) is 8. The van der Waals surface area contributed by atoms with E-state index in [-0.39, 0.29) is 23.3 Å². The molecule has 0 bridgehead atoms. The van der Waals surface area contributed by atoms with Gasteiger partial charge in [0.05, 0.1) is 47.2 Å². The number of carbonyl (C=O) groups excluding carboxylic acids is 1. The molecule has 1 aliphatic rings. The number of hydrogen-bond acceptors (Lipinski definition) is 7. The highest BCUT2D eigenvalue weighted by Gasteiger charge is 2.27. The van der Waals surface area contributed by atoms with Gasteiger partial charge in [-0.2, -0.15) is 15.0 Å². The van der Waals surface area contributed by atoms with E-state index in [1.54, 1.807) is 42.4 Å². The zero-order valence-corrected chi connectivity index (χ0v) is 22.1. The maximum absolute atomic E-state index is 14.8. The molecule has 11 nitrogen and oxygen atoms in total. The topological polar surface area (TPSA) is 128 Å². The van der Waals surface area contributed by atoms with Crippen LogP contribution >= 0.6 is 0 Å². The van der Waals surface area contributed by atoms with Crippen LogP contribution in [0.3, 0.4) is 0 Å². The molecule has 0 aliphatic heterocycles. The van der Waals surface area contributed by atoms with Gasteiger partial charge >= 0.3 is 0 Å². The molecule has 0 unspecified atom stereocenters. The molecule has 0 atom stereocenters.